The Morgan fingerprint density at radius 3 is 2.57 bits per heavy atom. The van der Waals surface area contributed by atoms with Crippen molar-refractivity contribution in [2.45, 2.75) is 20.5 Å². The molecule has 1 amide bonds. The zero-order valence-corrected chi connectivity index (χ0v) is 18.8. The van der Waals surface area contributed by atoms with Crippen LogP contribution in [0.4, 0.5) is 0 Å². The van der Waals surface area contributed by atoms with Gasteiger partial charge in [-0.05, 0) is 55.4 Å². The standard InChI is InChI=1S/C22H19Cl2N3O2S/c1-3-26-22-27(4-2)21(28)19(30-22)11-14-9-17(23)20(18(24)10-14)29-13-16-8-6-5-7-15(16)12-25/h5-11H,3-4,13H2,1-2H3/b19-11+,26-22?. The van der Waals surface area contributed by atoms with Crippen molar-refractivity contribution in [3.8, 4) is 11.8 Å². The average Bonchev–Trinajstić information content (AvgIpc) is 3.02. The van der Waals surface area contributed by atoms with Crippen LogP contribution in [0.3, 0.4) is 0 Å². The molecule has 1 saturated heterocycles. The van der Waals surface area contributed by atoms with E-state index < -0.39 is 0 Å². The highest BCUT2D eigenvalue weighted by Gasteiger charge is 2.31. The Kier molecular flexibility index (Phi) is 7.43. The van der Waals surface area contributed by atoms with Crippen LogP contribution in [-0.4, -0.2) is 29.1 Å². The molecule has 30 heavy (non-hydrogen) atoms. The van der Waals surface area contributed by atoms with Crippen LogP contribution in [0, 0.1) is 11.3 Å². The predicted molar refractivity (Wildman–Crippen MR) is 123 cm³/mol. The van der Waals surface area contributed by atoms with E-state index in [2.05, 4.69) is 11.1 Å². The molecule has 0 aromatic heterocycles. The van der Waals surface area contributed by atoms with Gasteiger partial charge >= 0.3 is 0 Å². The molecular formula is C22H19Cl2N3O2S. The van der Waals surface area contributed by atoms with Gasteiger partial charge in [0.05, 0.1) is 26.6 Å². The highest BCUT2D eigenvalue weighted by molar-refractivity contribution is 8.18. The maximum absolute atomic E-state index is 12.6. The highest BCUT2D eigenvalue weighted by atomic mass is 35.5. The maximum Gasteiger partial charge on any atom is 0.266 e. The van der Waals surface area contributed by atoms with Gasteiger partial charge in [-0.2, -0.15) is 5.26 Å². The van der Waals surface area contributed by atoms with E-state index in [0.717, 1.165) is 5.56 Å². The Bertz CT molecular complexity index is 1050. The van der Waals surface area contributed by atoms with Crippen molar-refractivity contribution in [3.05, 3.63) is 68.0 Å². The molecular weight excluding hydrogens is 441 g/mol. The molecule has 0 saturated carbocycles. The molecule has 0 radical (unpaired) electrons. The predicted octanol–water partition coefficient (Wildman–Crippen LogP) is 5.76. The fraction of sp³-hybridized carbons (Fsp3) is 0.227. The molecule has 0 N–H and O–H groups in total. The molecule has 0 spiro atoms. The molecule has 8 heteroatoms. The Hall–Kier alpha value is -2.46. The van der Waals surface area contributed by atoms with Crippen molar-refractivity contribution in [1.29, 1.82) is 5.26 Å². The molecule has 1 aliphatic heterocycles. The lowest BCUT2D eigenvalue weighted by Gasteiger charge is -2.12. The first kappa shape index (κ1) is 22.2. The first-order valence-electron chi connectivity index (χ1n) is 9.34. The molecule has 154 valence electrons. The molecule has 0 bridgehead atoms. The van der Waals surface area contributed by atoms with Crippen LogP contribution >= 0.6 is 35.0 Å². The summed E-state index contributed by atoms with van der Waals surface area (Å²) in [5.74, 6) is 0.248. The Balaban J connectivity index is 1.83. The Labute approximate surface area is 189 Å². The number of carbonyl (C=O) groups excluding carboxylic acids is 1. The molecule has 0 atom stereocenters. The second-order valence-corrected chi connectivity index (χ2v) is 8.11. The van der Waals surface area contributed by atoms with E-state index in [9.17, 15) is 10.1 Å². The van der Waals surface area contributed by atoms with Crippen molar-refractivity contribution < 1.29 is 9.53 Å². The molecule has 1 aliphatic rings. The third-order valence-corrected chi connectivity index (χ3v) is 5.93. The van der Waals surface area contributed by atoms with Crippen molar-refractivity contribution in [3.63, 3.8) is 0 Å². The van der Waals surface area contributed by atoms with Gasteiger partial charge in [0.15, 0.2) is 10.9 Å². The van der Waals surface area contributed by atoms with Gasteiger partial charge in [-0.3, -0.25) is 14.7 Å². The lowest BCUT2D eigenvalue weighted by molar-refractivity contribution is -0.122. The first-order chi connectivity index (χ1) is 14.5. The summed E-state index contributed by atoms with van der Waals surface area (Å²) >= 11 is 14.1. The van der Waals surface area contributed by atoms with Crippen LogP contribution in [0.5, 0.6) is 5.75 Å². The topological polar surface area (TPSA) is 65.7 Å². The van der Waals surface area contributed by atoms with Gasteiger partial charge in [0.1, 0.15) is 6.61 Å². The average molecular weight is 460 g/mol. The van der Waals surface area contributed by atoms with Crippen LogP contribution < -0.4 is 4.74 Å². The molecule has 1 fully saturated rings. The van der Waals surface area contributed by atoms with Gasteiger partial charge in [0, 0.05) is 18.7 Å². The number of hydrogen-bond acceptors (Lipinski definition) is 5. The lowest BCUT2D eigenvalue weighted by atomic mass is 10.1. The van der Waals surface area contributed by atoms with E-state index in [0.29, 0.717) is 50.1 Å². The van der Waals surface area contributed by atoms with Crippen LogP contribution in [0.1, 0.15) is 30.5 Å². The molecule has 1 heterocycles. The van der Waals surface area contributed by atoms with E-state index in [1.807, 2.05) is 26.0 Å². The van der Waals surface area contributed by atoms with Gasteiger partial charge in [0.25, 0.3) is 5.91 Å². The number of nitrogens with zero attached hydrogens (tertiary/aromatic N) is 3. The van der Waals surface area contributed by atoms with Gasteiger partial charge < -0.3 is 4.74 Å². The third kappa shape index (κ3) is 4.81. The number of rotatable bonds is 6. The quantitative estimate of drug-likeness (QED) is 0.515. The SMILES string of the molecule is CCN=C1S/C(=C/c2cc(Cl)c(OCc3ccccc3C#N)c(Cl)c2)C(=O)N1CC. The Morgan fingerprint density at radius 2 is 1.93 bits per heavy atom. The van der Waals surface area contributed by atoms with E-state index >= 15 is 0 Å². The second kappa shape index (κ2) is 10.0. The number of amidine groups is 1. The van der Waals surface area contributed by atoms with Crippen molar-refractivity contribution >= 4 is 52.1 Å². The minimum atomic E-state index is -0.0876. The molecule has 2 aromatic carbocycles. The highest BCUT2D eigenvalue weighted by Crippen LogP contribution is 2.38. The summed E-state index contributed by atoms with van der Waals surface area (Å²) < 4.78 is 5.79. The number of aliphatic imine (C=N–C) groups is 1. The molecule has 5 nitrogen and oxygen atoms in total. The number of halogens is 2. The lowest BCUT2D eigenvalue weighted by Crippen LogP contribution is -2.28. The monoisotopic (exact) mass is 459 g/mol. The third-order valence-electron chi connectivity index (χ3n) is 4.33. The summed E-state index contributed by atoms with van der Waals surface area (Å²) in [5, 5.41) is 10.6. The van der Waals surface area contributed by atoms with Gasteiger partial charge in [0.2, 0.25) is 0 Å². The number of hydrogen-bond donors (Lipinski definition) is 0. The molecule has 0 unspecified atom stereocenters. The zero-order valence-electron chi connectivity index (χ0n) is 16.5. The summed E-state index contributed by atoms with van der Waals surface area (Å²) in [6, 6.07) is 12.7. The van der Waals surface area contributed by atoms with Crippen LogP contribution in [-0.2, 0) is 11.4 Å². The largest absolute Gasteiger partial charge is 0.486 e. The number of nitriles is 1. The minimum Gasteiger partial charge on any atom is -0.486 e. The first-order valence-corrected chi connectivity index (χ1v) is 10.9. The van der Waals surface area contributed by atoms with E-state index in [1.54, 1.807) is 35.2 Å². The summed E-state index contributed by atoms with van der Waals surface area (Å²) in [6.07, 6.45) is 1.75. The smallest absolute Gasteiger partial charge is 0.266 e. The van der Waals surface area contributed by atoms with Crippen molar-refractivity contribution in [2.24, 2.45) is 4.99 Å². The van der Waals surface area contributed by atoms with Crippen LogP contribution in [0.2, 0.25) is 10.0 Å². The van der Waals surface area contributed by atoms with E-state index in [4.69, 9.17) is 27.9 Å². The van der Waals surface area contributed by atoms with Gasteiger partial charge in [-0.15, -0.1) is 0 Å². The summed E-state index contributed by atoms with van der Waals surface area (Å²) in [5.41, 5.74) is 1.97. The Morgan fingerprint density at radius 1 is 1.23 bits per heavy atom. The fourth-order valence-corrected chi connectivity index (χ4v) is 4.62. The fourth-order valence-electron chi connectivity index (χ4n) is 2.90. The van der Waals surface area contributed by atoms with Crippen molar-refractivity contribution in [1.82, 2.24) is 4.90 Å². The molecule has 2 aromatic rings. The van der Waals surface area contributed by atoms with Crippen LogP contribution in [0.15, 0.2) is 46.3 Å². The second-order valence-electron chi connectivity index (χ2n) is 6.29. The summed E-state index contributed by atoms with van der Waals surface area (Å²) in [4.78, 5) is 19.2. The molecule has 3 rings (SSSR count). The number of thioether (sulfide) groups is 1. The number of carbonyl (C=O) groups is 1. The summed E-state index contributed by atoms with van der Waals surface area (Å²) in [6.45, 7) is 5.18. The normalized spacial score (nSPS) is 16.4. The number of likely N-dealkylation sites (N-methyl/N-ethyl adjacent to an activating group) is 1. The number of benzene rings is 2. The zero-order chi connectivity index (χ0) is 21.7. The maximum atomic E-state index is 12.6. The van der Waals surface area contributed by atoms with Gasteiger partial charge in [-0.25, -0.2) is 0 Å². The van der Waals surface area contributed by atoms with Gasteiger partial charge in [-0.1, -0.05) is 41.4 Å². The number of amides is 1. The van der Waals surface area contributed by atoms with Crippen LogP contribution in [0.25, 0.3) is 6.08 Å². The van der Waals surface area contributed by atoms with Crippen molar-refractivity contribution in [2.75, 3.05) is 13.1 Å². The minimum absolute atomic E-state index is 0.0876. The summed E-state index contributed by atoms with van der Waals surface area (Å²) in [7, 11) is 0. The van der Waals surface area contributed by atoms with E-state index in [1.165, 1.54) is 11.8 Å². The van der Waals surface area contributed by atoms with E-state index in [-0.39, 0.29) is 12.5 Å². The number of ether oxygens (including phenoxy) is 1. The molecule has 0 aliphatic carbocycles.